The quantitative estimate of drug-likeness (QED) is 0.892. The maximum Gasteiger partial charge on any atom is 0.238 e. The van der Waals surface area contributed by atoms with Crippen molar-refractivity contribution in [2.75, 3.05) is 26.0 Å². The lowest BCUT2D eigenvalue weighted by Gasteiger charge is -2.11. The number of halogens is 2. The van der Waals surface area contributed by atoms with E-state index >= 15 is 0 Å². The van der Waals surface area contributed by atoms with Gasteiger partial charge in [-0.25, -0.2) is 0 Å². The van der Waals surface area contributed by atoms with Crippen molar-refractivity contribution in [1.82, 2.24) is 4.90 Å². The molecule has 0 aromatic heterocycles. The van der Waals surface area contributed by atoms with Crippen LogP contribution in [0.2, 0.25) is 5.02 Å². The van der Waals surface area contributed by atoms with Crippen LogP contribution >= 0.6 is 24.0 Å². The number of hydrogen-bond donors (Lipinski definition) is 1. The maximum absolute atomic E-state index is 11.6. The molecule has 0 fully saturated rings. The van der Waals surface area contributed by atoms with Crippen molar-refractivity contribution in [1.29, 1.82) is 0 Å². The highest BCUT2D eigenvalue weighted by Crippen LogP contribution is 2.24. The first-order chi connectivity index (χ1) is 10.0. The Bertz CT molecular complexity index is 599. The molecular formula is C16H18Cl2N2O2. The molecule has 6 heteroatoms. The predicted molar refractivity (Wildman–Crippen MR) is 92.4 cm³/mol. The van der Waals surface area contributed by atoms with Gasteiger partial charge in [0.2, 0.25) is 5.91 Å². The molecule has 0 atom stereocenters. The second-order valence-corrected chi connectivity index (χ2v) is 5.30. The normalized spacial score (nSPS) is 10.0. The topological polar surface area (TPSA) is 41.6 Å². The molecule has 0 heterocycles. The van der Waals surface area contributed by atoms with E-state index in [1.165, 1.54) is 0 Å². The number of benzene rings is 2. The van der Waals surface area contributed by atoms with Crippen LogP contribution < -0.4 is 10.1 Å². The Morgan fingerprint density at radius 3 is 2.05 bits per heavy atom. The zero-order chi connectivity index (χ0) is 15.2. The Kier molecular flexibility index (Phi) is 7.18. The molecule has 0 unspecified atom stereocenters. The van der Waals surface area contributed by atoms with Gasteiger partial charge in [0, 0.05) is 10.7 Å². The van der Waals surface area contributed by atoms with Gasteiger partial charge >= 0.3 is 0 Å². The average Bonchev–Trinajstić information content (AvgIpc) is 2.42. The lowest BCUT2D eigenvalue weighted by Crippen LogP contribution is -2.26. The number of amides is 1. The minimum absolute atomic E-state index is 0. The van der Waals surface area contributed by atoms with E-state index in [2.05, 4.69) is 5.32 Å². The Balaban J connectivity index is 0.00000242. The molecule has 0 saturated carbocycles. The maximum atomic E-state index is 11.6. The number of rotatable bonds is 5. The molecule has 22 heavy (non-hydrogen) atoms. The van der Waals surface area contributed by atoms with E-state index in [4.69, 9.17) is 16.3 Å². The molecular weight excluding hydrogens is 323 g/mol. The first kappa shape index (κ1) is 18.3. The van der Waals surface area contributed by atoms with Gasteiger partial charge in [-0.05, 0) is 62.6 Å². The van der Waals surface area contributed by atoms with Crippen LogP contribution in [0, 0.1) is 0 Å². The smallest absolute Gasteiger partial charge is 0.238 e. The second kappa shape index (κ2) is 8.63. The Labute approximate surface area is 141 Å². The fraction of sp³-hybridized carbons (Fsp3) is 0.188. The molecule has 0 bridgehead atoms. The first-order valence-corrected chi connectivity index (χ1v) is 6.89. The van der Waals surface area contributed by atoms with Crippen molar-refractivity contribution >= 4 is 35.6 Å². The molecule has 4 nitrogen and oxygen atoms in total. The minimum atomic E-state index is -0.0497. The van der Waals surface area contributed by atoms with Crippen LogP contribution in [-0.4, -0.2) is 31.4 Å². The fourth-order valence-corrected chi connectivity index (χ4v) is 1.86. The molecule has 0 radical (unpaired) electrons. The van der Waals surface area contributed by atoms with E-state index in [0.717, 1.165) is 5.69 Å². The zero-order valence-electron chi connectivity index (χ0n) is 12.4. The zero-order valence-corrected chi connectivity index (χ0v) is 13.9. The van der Waals surface area contributed by atoms with E-state index in [0.29, 0.717) is 23.1 Å². The first-order valence-electron chi connectivity index (χ1n) is 6.51. The summed E-state index contributed by atoms with van der Waals surface area (Å²) >= 11 is 5.82. The molecule has 1 N–H and O–H groups in total. The van der Waals surface area contributed by atoms with E-state index in [9.17, 15) is 4.79 Å². The number of hydrogen-bond acceptors (Lipinski definition) is 3. The summed E-state index contributed by atoms with van der Waals surface area (Å²) in [7, 11) is 3.70. The Hall–Kier alpha value is -1.75. The van der Waals surface area contributed by atoms with Gasteiger partial charge in [-0.3, -0.25) is 4.79 Å². The highest BCUT2D eigenvalue weighted by atomic mass is 35.5. The lowest BCUT2D eigenvalue weighted by molar-refractivity contribution is -0.116. The summed E-state index contributed by atoms with van der Waals surface area (Å²) in [4.78, 5) is 13.4. The number of carbonyl (C=O) groups excluding carboxylic acids is 1. The molecule has 0 aliphatic rings. The van der Waals surface area contributed by atoms with E-state index < -0.39 is 0 Å². The Morgan fingerprint density at radius 1 is 1.05 bits per heavy atom. The number of anilines is 1. The van der Waals surface area contributed by atoms with Crippen molar-refractivity contribution in [2.24, 2.45) is 0 Å². The molecule has 2 aromatic carbocycles. The van der Waals surface area contributed by atoms with E-state index in [-0.39, 0.29) is 18.3 Å². The van der Waals surface area contributed by atoms with Crippen LogP contribution in [-0.2, 0) is 4.79 Å². The van der Waals surface area contributed by atoms with Crippen molar-refractivity contribution in [3.05, 3.63) is 53.6 Å². The van der Waals surface area contributed by atoms with Crippen molar-refractivity contribution in [3.8, 4) is 11.5 Å². The largest absolute Gasteiger partial charge is 0.457 e. The molecule has 2 rings (SSSR count). The third kappa shape index (κ3) is 5.93. The summed E-state index contributed by atoms with van der Waals surface area (Å²) in [5, 5.41) is 3.49. The van der Waals surface area contributed by atoms with Gasteiger partial charge < -0.3 is 15.0 Å². The van der Waals surface area contributed by atoms with E-state index in [1.807, 2.05) is 19.0 Å². The molecule has 0 spiro atoms. The van der Waals surface area contributed by atoms with Gasteiger partial charge in [0.25, 0.3) is 0 Å². The molecule has 118 valence electrons. The molecule has 2 aromatic rings. The summed E-state index contributed by atoms with van der Waals surface area (Å²) in [6, 6.07) is 14.4. The van der Waals surface area contributed by atoms with Gasteiger partial charge in [0.1, 0.15) is 11.5 Å². The summed E-state index contributed by atoms with van der Waals surface area (Å²) in [6.45, 7) is 0.350. The van der Waals surface area contributed by atoms with Crippen LogP contribution in [0.1, 0.15) is 0 Å². The van der Waals surface area contributed by atoms with Crippen LogP contribution in [0.5, 0.6) is 11.5 Å². The standard InChI is InChI=1S/C16H17ClN2O2.ClH/c1-19(2)11-16(20)18-13-5-9-15(10-6-13)21-14-7-3-12(17)4-8-14;/h3-10H,11H2,1-2H3,(H,18,20);1H. The number of ether oxygens (including phenoxy) is 1. The van der Waals surface area contributed by atoms with Crippen molar-refractivity contribution in [3.63, 3.8) is 0 Å². The molecule has 1 amide bonds. The lowest BCUT2D eigenvalue weighted by atomic mass is 10.3. The highest BCUT2D eigenvalue weighted by Gasteiger charge is 2.04. The van der Waals surface area contributed by atoms with Crippen LogP contribution in [0.4, 0.5) is 5.69 Å². The molecule has 0 aliphatic heterocycles. The van der Waals surface area contributed by atoms with Gasteiger partial charge in [-0.15, -0.1) is 12.4 Å². The van der Waals surface area contributed by atoms with Crippen molar-refractivity contribution < 1.29 is 9.53 Å². The monoisotopic (exact) mass is 340 g/mol. The third-order valence-corrected chi connectivity index (χ3v) is 2.90. The number of nitrogens with zero attached hydrogens (tertiary/aromatic N) is 1. The van der Waals surface area contributed by atoms with Crippen LogP contribution in [0.3, 0.4) is 0 Å². The number of nitrogens with one attached hydrogen (secondary N) is 1. The average molecular weight is 341 g/mol. The van der Waals surface area contributed by atoms with Crippen LogP contribution in [0.15, 0.2) is 48.5 Å². The van der Waals surface area contributed by atoms with Gasteiger partial charge in [0.15, 0.2) is 0 Å². The fourth-order valence-electron chi connectivity index (χ4n) is 1.73. The number of likely N-dealkylation sites (N-methyl/N-ethyl adjacent to an activating group) is 1. The van der Waals surface area contributed by atoms with Crippen LogP contribution in [0.25, 0.3) is 0 Å². The Morgan fingerprint density at radius 2 is 1.55 bits per heavy atom. The third-order valence-electron chi connectivity index (χ3n) is 2.65. The summed E-state index contributed by atoms with van der Waals surface area (Å²) in [5.74, 6) is 1.36. The summed E-state index contributed by atoms with van der Waals surface area (Å²) in [6.07, 6.45) is 0. The highest BCUT2D eigenvalue weighted by molar-refractivity contribution is 6.30. The predicted octanol–water partition coefficient (Wildman–Crippen LogP) is 4.05. The molecule has 0 saturated heterocycles. The SMILES string of the molecule is CN(C)CC(=O)Nc1ccc(Oc2ccc(Cl)cc2)cc1.Cl. The van der Waals surface area contributed by atoms with Gasteiger partial charge in [-0.2, -0.15) is 0 Å². The van der Waals surface area contributed by atoms with Crippen molar-refractivity contribution in [2.45, 2.75) is 0 Å². The van der Waals surface area contributed by atoms with Gasteiger partial charge in [-0.1, -0.05) is 11.6 Å². The molecule has 0 aliphatic carbocycles. The number of carbonyl (C=O) groups is 1. The van der Waals surface area contributed by atoms with E-state index in [1.54, 1.807) is 48.5 Å². The summed E-state index contributed by atoms with van der Waals surface area (Å²) in [5.41, 5.74) is 0.741. The summed E-state index contributed by atoms with van der Waals surface area (Å²) < 4.78 is 5.68. The van der Waals surface area contributed by atoms with Gasteiger partial charge in [0.05, 0.1) is 6.54 Å². The minimum Gasteiger partial charge on any atom is -0.457 e. The second-order valence-electron chi connectivity index (χ2n) is 4.87.